The van der Waals surface area contributed by atoms with Gasteiger partial charge in [0.05, 0.1) is 0 Å². The first kappa shape index (κ1) is 18.0. The van der Waals surface area contributed by atoms with E-state index in [-0.39, 0.29) is 11.5 Å². The number of carbonyl (C=O) groups excluding carboxylic acids is 1. The van der Waals surface area contributed by atoms with Gasteiger partial charge >= 0.3 is 0 Å². The van der Waals surface area contributed by atoms with Gasteiger partial charge in [0.25, 0.3) is 0 Å². The number of aryl methyl sites for hydroxylation is 1. The molecule has 1 aromatic heterocycles. The number of hydrogen-bond acceptors (Lipinski definition) is 5. The number of benzene rings is 3. The van der Waals surface area contributed by atoms with Crippen LogP contribution in [0.4, 0.5) is 10.1 Å². The van der Waals surface area contributed by atoms with E-state index in [9.17, 15) is 14.3 Å². The molecular weight excluding hydrogens is 377 g/mol. The van der Waals surface area contributed by atoms with Crippen LogP contribution in [0.2, 0.25) is 0 Å². The monoisotopic (exact) mass is 393 g/mol. The quantitative estimate of drug-likeness (QED) is 0.347. The molecule has 0 spiro atoms. The van der Waals surface area contributed by atoms with Gasteiger partial charge in [-0.3, -0.25) is 4.79 Å². The summed E-state index contributed by atoms with van der Waals surface area (Å²) in [6.45, 7) is 1.69. The van der Waals surface area contributed by atoms with Crippen LogP contribution in [0.5, 0.6) is 17.2 Å². The third-order valence-electron chi connectivity index (χ3n) is 4.37. The molecule has 4 aromatic rings. The van der Waals surface area contributed by atoms with Gasteiger partial charge in [0, 0.05) is 21.3 Å². The maximum atomic E-state index is 13.5. The maximum Gasteiger partial charge on any atom is 0.207 e. The predicted molar refractivity (Wildman–Crippen MR) is 109 cm³/mol. The molecular formula is C22H16FNO3S. The lowest BCUT2D eigenvalue weighted by molar-refractivity contribution is 0.104. The number of carbonyl (C=O) groups is 1. The number of ether oxygens (including phenoxy) is 1. The molecule has 0 atom stereocenters. The summed E-state index contributed by atoms with van der Waals surface area (Å²) in [4.78, 5) is 13.6. The van der Waals surface area contributed by atoms with Gasteiger partial charge in [-0.25, -0.2) is 4.39 Å². The van der Waals surface area contributed by atoms with E-state index in [2.05, 4.69) is 0 Å². The number of fused-ring (bicyclic) bond motifs is 1. The minimum atomic E-state index is -0.395. The summed E-state index contributed by atoms with van der Waals surface area (Å²) in [6.07, 6.45) is 0. The van der Waals surface area contributed by atoms with E-state index in [0.29, 0.717) is 43.3 Å². The average molecular weight is 393 g/mol. The zero-order valence-corrected chi connectivity index (χ0v) is 15.7. The van der Waals surface area contributed by atoms with Crippen molar-refractivity contribution in [3.63, 3.8) is 0 Å². The largest absolute Gasteiger partial charge is 0.508 e. The van der Waals surface area contributed by atoms with Crippen LogP contribution in [0.15, 0.2) is 60.7 Å². The fourth-order valence-electron chi connectivity index (χ4n) is 2.97. The minimum Gasteiger partial charge on any atom is -0.508 e. The van der Waals surface area contributed by atoms with Gasteiger partial charge in [0.15, 0.2) is 5.75 Å². The van der Waals surface area contributed by atoms with Crippen LogP contribution in [-0.4, -0.2) is 10.9 Å². The highest BCUT2D eigenvalue weighted by Crippen LogP contribution is 2.43. The first-order chi connectivity index (χ1) is 13.4. The Morgan fingerprint density at radius 3 is 2.54 bits per heavy atom. The standard InChI is InChI=1S/C22H16FNO3S/c1-12-10-13(23)2-8-17(12)20(26)22-21(27-16-6-3-14(24)4-7-16)18-9-5-15(25)11-19(18)28-22/h2-11,25H,24H2,1H3. The van der Waals surface area contributed by atoms with E-state index in [0.717, 1.165) is 0 Å². The molecule has 3 N–H and O–H groups in total. The first-order valence-corrected chi connectivity index (χ1v) is 9.34. The highest BCUT2D eigenvalue weighted by Gasteiger charge is 2.23. The summed E-state index contributed by atoms with van der Waals surface area (Å²) in [7, 11) is 0. The zero-order valence-electron chi connectivity index (χ0n) is 14.9. The lowest BCUT2D eigenvalue weighted by Crippen LogP contribution is -2.03. The smallest absolute Gasteiger partial charge is 0.207 e. The molecule has 0 aliphatic carbocycles. The molecule has 0 bridgehead atoms. The van der Waals surface area contributed by atoms with Crippen LogP contribution in [0, 0.1) is 12.7 Å². The maximum absolute atomic E-state index is 13.5. The van der Waals surface area contributed by atoms with Crippen molar-refractivity contribution in [3.8, 4) is 17.2 Å². The number of halogens is 1. The number of phenols is 1. The highest BCUT2D eigenvalue weighted by molar-refractivity contribution is 7.21. The lowest BCUT2D eigenvalue weighted by atomic mass is 10.0. The van der Waals surface area contributed by atoms with Crippen molar-refractivity contribution in [2.24, 2.45) is 0 Å². The SMILES string of the molecule is Cc1cc(F)ccc1C(=O)c1sc2cc(O)ccc2c1Oc1ccc(N)cc1. The van der Waals surface area contributed by atoms with Crippen LogP contribution in [-0.2, 0) is 0 Å². The molecule has 0 amide bonds. The molecule has 140 valence electrons. The Morgan fingerprint density at radius 1 is 1.07 bits per heavy atom. The topological polar surface area (TPSA) is 72.5 Å². The molecule has 4 rings (SSSR count). The van der Waals surface area contributed by atoms with Gasteiger partial charge in [-0.05, 0) is 73.2 Å². The summed E-state index contributed by atoms with van der Waals surface area (Å²) < 4.78 is 20.2. The molecule has 3 aromatic carbocycles. The molecule has 1 heterocycles. The van der Waals surface area contributed by atoms with Crippen LogP contribution >= 0.6 is 11.3 Å². The van der Waals surface area contributed by atoms with Crippen LogP contribution in [0.3, 0.4) is 0 Å². The molecule has 0 saturated carbocycles. The van der Waals surface area contributed by atoms with E-state index in [1.807, 2.05) is 0 Å². The molecule has 0 radical (unpaired) electrons. The van der Waals surface area contributed by atoms with Crippen LogP contribution < -0.4 is 10.5 Å². The van der Waals surface area contributed by atoms with Crippen LogP contribution in [0.25, 0.3) is 10.1 Å². The molecule has 0 aliphatic rings. The molecule has 0 fully saturated rings. The number of anilines is 1. The van der Waals surface area contributed by atoms with E-state index in [1.165, 1.54) is 29.5 Å². The molecule has 6 heteroatoms. The Hall–Kier alpha value is -3.38. The second kappa shape index (κ2) is 6.98. The lowest BCUT2D eigenvalue weighted by Gasteiger charge is -2.09. The molecule has 0 saturated heterocycles. The molecule has 0 unspecified atom stereocenters. The fraction of sp³-hybridized carbons (Fsp3) is 0.0455. The number of nitrogens with two attached hydrogens (primary N) is 1. The Bertz CT molecular complexity index is 1200. The van der Waals surface area contributed by atoms with Gasteiger partial charge in [-0.1, -0.05) is 0 Å². The van der Waals surface area contributed by atoms with Gasteiger partial charge in [-0.2, -0.15) is 0 Å². The zero-order chi connectivity index (χ0) is 19.8. The Balaban J connectivity index is 1.86. The second-order valence-electron chi connectivity index (χ2n) is 6.40. The summed E-state index contributed by atoms with van der Waals surface area (Å²) in [5.74, 6) is 0.382. The average Bonchev–Trinajstić information content (AvgIpc) is 3.00. The van der Waals surface area contributed by atoms with E-state index >= 15 is 0 Å². The number of thiophene rings is 1. The van der Waals surface area contributed by atoms with Crippen molar-refractivity contribution in [1.82, 2.24) is 0 Å². The predicted octanol–water partition coefficient (Wildman–Crippen LogP) is 5.66. The summed E-state index contributed by atoms with van der Waals surface area (Å²) in [5.41, 5.74) is 7.27. The summed E-state index contributed by atoms with van der Waals surface area (Å²) in [5, 5.41) is 10.5. The number of nitrogen functional groups attached to an aromatic ring is 1. The Labute approximate surface area is 164 Å². The van der Waals surface area contributed by atoms with E-state index < -0.39 is 5.82 Å². The third-order valence-corrected chi connectivity index (χ3v) is 5.50. The van der Waals surface area contributed by atoms with Crippen molar-refractivity contribution in [2.45, 2.75) is 6.92 Å². The number of phenolic OH excluding ortho intramolecular Hbond substituents is 1. The number of rotatable bonds is 4. The van der Waals surface area contributed by atoms with Gasteiger partial charge < -0.3 is 15.6 Å². The van der Waals surface area contributed by atoms with E-state index in [1.54, 1.807) is 49.4 Å². The number of ketones is 1. The Kier molecular flexibility index (Phi) is 4.49. The van der Waals surface area contributed by atoms with Crippen molar-refractivity contribution >= 4 is 32.9 Å². The third kappa shape index (κ3) is 3.30. The second-order valence-corrected chi connectivity index (χ2v) is 7.45. The summed E-state index contributed by atoms with van der Waals surface area (Å²) in [6, 6.07) is 15.8. The normalized spacial score (nSPS) is 10.9. The molecule has 0 aliphatic heterocycles. The van der Waals surface area contributed by atoms with Gasteiger partial charge in [-0.15, -0.1) is 11.3 Å². The van der Waals surface area contributed by atoms with Crippen LogP contribution in [0.1, 0.15) is 20.8 Å². The van der Waals surface area contributed by atoms with Crippen molar-refractivity contribution in [3.05, 3.63) is 82.5 Å². The van der Waals surface area contributed by atoms with Gasteiger partial charge in [0.1, 0.15) is 22.2 Å². The molecule has 28 heavy (non-hydrogen) atoms. The minimum absolute atomic E-state index is 0.102. The first-order valence-electron chi connectivity index (χ1n) is 8.52. The molecule has 4 nitrogen and oxygen atoms in total. The van der Waals surface area contributed by atoms with Crippen molar-refractivity contribution in [2.75, 3.05) is 5.73 Å². The van der Waals surface area contributed by atoms with E-state index in [4.69, 9.17) is 10.5 Å². The number of aromatic hydroxyl groups is 1. The van der Waals surface area contributed by atoms with Gasteiger partial charge in [0.2, 0.25) is 5.78 Å². The van der Waals surface area contributed by atoms with Crippen molar-refractivity contribution in [1.29, 1.82) is 0 Å². The summed E-state index contributed by atoms with van der Waals surface area (Å²) >= 11 is 1.22. The number of hydrogen-bond donors (Lipinski definition) is 2. The Morgan fingerprint density at radius 2 is 1.82 bits per heavy atom. The van der Waals surface area contributed by atoms with Crippen molar-refractivity contribution < 1.29 is 19.0 Å². The highest BCUT2D eigenvalue weighted by atomic mass is 32.1. The fourth-order valence-corrected chi connectivity index (χ4v) is 4.09.